The molecule has 0 atom stereocenters. The number of rotatable bonds is 9. The Morgan fingerprint density at radius 1 is 1.38 bits per heavy atom. The number of nitrogens with zero attached hydrogens (tertiary/aromatic N) is 1. The number of amides is 1. The van der Waals surface area contributed by atoms with E-state index in [1.807, 2.05) is 18.2 Å². The minimum absolute atomic E-state index is 0. The average molecular weight is 372 g/mol. The van der Waals surface area contributed by atoms with Gasteiger partial charge in [-0.2, -0.15) is 0 Å². The molecule has 0 saturated heterocycles. The maximum absolute atomic E-state index is 12.2. The molecule has 0 spiro atoms. The molecule has 2 rings (SSSR count). The van der Waals surface area contributed by atoms with Gasteiger partial charge in [-0.25, -0.2) is 4.98 Å². The number of benzene rings is 1. The molecule has 0 aliphatic carbocycles. The zero-order chi connectivity index (χ0) is 16.5. The van der Waals surface area contributed by atoms with Crippen molar-refractivity contribution in [3.63, 3.8) is 0 Å². The molecule has 0 unspecified atom stereocenters. The van der Waals surface area contributed by atoms with Crippen molar-refractivity contribution >= 4 is 35.3 Å². The SMILES string of the molecule is COCCCOc1cccc(NC(=O)c2csc(CCN)n2)c1.Cl. The summed E-state index contributed by atoms with van der Waals surface area (Å²) in [5.41, 5.74) is 6.57. The molecule has 1 aromatic carbocycles. The molecular formula is C16H22ClN3O3S. The molecule has 6 nitrogen and oxygen atoms in total. The van der Waals surface area contributed by atoms with Crippen LogP contribution in [-0.4, -0.2) is 37.8 Å². The molecule has 1 heterocycles. The summed E-state index contributed by atoms with van der Waals surface area (Å²) in [7, 11) is 1.66. The van der Waals surface area contributed by atoms with Crippen LogP contribution in [0, 0.1) is 0 Å². The van der Waals surface area contributed by atoms with Crippen LogP contribution in [-0.2, 0) is 11.2 Å². The van der Waals surface area contributed by atoms with Crippen LogP contribution in [0.2, 0.25) is 0 Å². The van der Waals surface area contributed by atoms with Gasteiger partial charge in [0.25, 0.3) is 5.91 Å². The number of carbonyl (C=O) groups is 1. The first-order chi connectivity index (χ1) is 11.2. The maximum Gasteiger partial charge on any atom is 0.275 e. The largest absolute Gasteiger partial charge is 0.493 e. The highest BCUT2D eigenvalue weighted by Crippen LogP contribution is 2.19. The monoisotopic (exact) mass is 371 g/mol. The number of anilines is 1. The van der Waals surface area contributed by atoms with Crippen molar-refractivity contribution in [3.05, 3.63) is 40.3 Å². The average Bonchev–Trinajstić information content (AvgIpc) is 3.01. The summed E-state index contributed by atoms with van der Waals surface area (Å²) in [5.74, 6) is 0.474. The van der Waals surface area contributed by atoms with E-state index < -0.39 is 0 Å². The van der Waals surface area contributed by atoms with Crippen LogP contribution < -0.4 is 15.8 Å². The van der Waals surface area contributed by atoms with Gasteiger partial charge < -0.3 is 20.5 Å². The minimum atomic E-state index is -0.235. The van der Waals surface area contributed by atoms with E-state index in [9.17, 15) is 4.79 Å². The van der Waals surface area contributed by atoms with E-state index in [0.717, 1.165) is 11.4 Å². The lowest BCUT2D eigenvalue weighted by molar-refractivity contribution is 0.102. The highest BCUT2D eigenvalue weighted by atomic mass is 35.5. The Morgan fingerprint density at radius 2 is 2.21 bits per heavy atom. The molecule has 8 heteroatoms. The van der Waals surface area contributed by atoms with Gasteiger partial charge in [0.15, 0.2) is 0 Å². The highest BCUT2D eigenvalue weighted by Gasteiger charge is 2.11. The van der Waals surface area contributed by atoms with Gasteiger partial charge in [-0.1, -0.05) is 6.07 Å². The Morgan fingerprint density at radius 3 is 2.96 bits per heavy atom. The zero-order valence-electron chi connectivity index (χ0n) is 13.5. The topological polar surface area (TPSA) is 86.5 Å². The van der Waals surface area contributed by atoms with Gasteiger partial charge in [0, 0.05) is 43.7 Å². The van der Waals surface area contributed by atoms with Crippen molar-refractivity contribution in [2.75, 3.05) is 32.2 Å². The molecule has 0 fully saturated rings. The normalized spacial score (nSPS) is 10.1. The molecule has 0 radical (unpaired) electrons. The summed E-state index contributed by atoms with van der Waals surface area (Å²) < 4.78 is 10.6. The lowest BCUT2D eigenvalue weighted by Crippen LogP contribution is -2.13. The molecule has 1 aromatic heterocycles. The highest BCUT2D eigenvalue weighted by molar-refractivity contribution is 7.09. The molecule has 3 N–H and O–H groups in total. The molecule has 24 heavy (non-hydrogen) atoms. The number of hydrogen-bond donors (Lipinski definition) is 2. The second-order valence-electron chi connectivity index (χ2n) is 4.84. The summed E-state index contributed by atoms with van der Waals surface area (Å²) in [5, 5.41) is 5.43. The number of nitrogens with one attached hydrogen (secondary N) is 1. The quantitative estimate of drug-likeness (QED) is 0.662. The predicted molar refractivity (Wildman–Crippen MR) is 98.5 cm³/mol. The third-order valence-electron chi connectivity index (χ3n) is 3.00. The third kappa shape index (κ3) is 6.45. The molecule has 2 aromatic rings. The number of aromatic nitrogens is 1. The first-order valence-electron chi connectivity index (χ1n) is 7.40. The number of halogens is 1. The summed E-state index contributed by atoms with van der Waals surface area (Å²) in [6.07, 6.45) is 1.50. The number of methoxy groups -OCH3 is 1. The summed E-state index contributed by atoms with van der Waals surface area (Å²) in [6.45, 7) is 1.75. The lowest BCUT2D eigenvalue weighted by atomic mass is 10.3. The molecular weight excluding hydrogens is 350 g/mol. The first-order valence-corrected chi connectivity index (χ1v) is 8.28. The van der Waals surface area contributed by atoms with Crippen LogP contribution >= 0.6 is 23.7 Å². The maximum atomic E-state index is 12.2. The minimum Gasteiger partial charge on any atom is -0.493 e. The van der Waals surface area contributed by atoms with Crippen molar-refractivity contribution in [3.8, 4) is 5.75 Å². The fourth-order valence-electron chi connectivity index (χ4n) is 1.91. The van der Waals surface area contributed by atoms with Gasteiger partial charge in [-0.15, -0.1) is 23.7 Å². The summed E-state index contributed by atoms with van der Waals surface area (Å²) in [4.78, 5) is 16.5. The van der Waals surface area contributed by atoms with Gasteiger partial charge >= 0.3 is 0 Å². The molecule has 132 valence electrons. The number of thiazole rings is 1. The van der Waals surface area contributed by atoms with Crippen LogP contribution in [0.4, 0.5) is 5.69 Å². The van der Waals surface area contributed by atoms with Crippen molar-refractivity contribution in [1.82, 2.24) is 4.98 Å². The Balaban J connectivity index is 0.00000288. The van der Waals surface area contributed by atoms with Gasteiger partial charge in [0.2, 0.25) is 0 Å². The van der Waals surface area contributed by atoms with Gasteiger partial charge in [0.05, 0.1) is 11.6 Å². The van der Waals surface area contributed by atoms with Crippen LogP contribution in [0.3, 0.4) is 0 Å². The van der Waals surface area contributed by atoms with E-state index in [4.69, 9.17) is 15.2 Å². The zero-order valence-corrected chi connectivity index (χ0v) is 15.1. The summed E-state index contributed by atoms with van der Waals surface area (Å²) in [6, 6.07) is 7.29. The molecule has 0 bridgehead atoms. The van der Waals surface area contributed by atoms with Gasteiger partial charge in [-0.05, 0) is 18.7 Å². The van der Waals surface area contributed by atoms with E-state index in [-0.39, 0.29) is 18.3 Å². The fourth-order valence-corrected chi connectivity index (χ4v) is 2.70. The van der Waals surface area contributed by atoms with E-state index in [1.54, 1.807) is 18.6 Å². The van der Waals surface area contributed by atoms with Gasteiger partial charge in [-0.3, -0.25) is 4.79 Å². The molecule has 0 saturated carbocycles. The first kappa shape index (κ1) is 20.4. The van der Waals surface area contributed by atoms with E-state index >= 15 is 0 Å². The molecule has 0 aliphatic rings. The molecule has 0 aliphatic heterocycles. The van der Waals surface area contributed by atoms with Gasteiger partial charge in [0.1, 0.15) is 11.4 Å². The number of hydrogen-bond acceptors (Lipinski definition) is 6. The van der Waals surface area contributed by atoms with E-state index in [0.29, 0.717) is 43.3 Å². The van der Waals surface area contributed by atoms with Crippen LogP contribution in [0.15, 0.2) is 29.6 Å². The molecule has 1 amide bonds. The summed E-state index contributed by atoms with van der Waals surface area (Å²) >= 11 is 1.44. The third-order valence-corrected chi connectivity index (χ3v) is 3.90. The Bertz CT molecular complexity index is 637. The van der Waals surface area contributed by atoms with Crippen molar-refractivity contribution in [2.45, 2.75) is 12.8 Å². The van der Waals surface area contributed by atoms with E-state index in [1.165, 1.54) is 11.3 Å². The second-order valence-corrected chi connectivity index (χ2v) is 5.78. The smallest absolute Gasteiger partial charge is 0.275 e. The second kappa shape index (κ2) is 11.0. The predicted octanol–water partition coefficient (Wildman–Crippen LogP) is 2.73. The Hall–Kier alpha value is -1.67. The fraction of sp³-hybridized carbons (Fsp3) is 0.375. The number of nitrogens with two attached hydrogens (primary N) is 1. The van der Waals surface area contributed by atoms with Crippen molar-refractivity contribution < 1.29 is 14.3 Å². The van der Waals surface area contributed by atoms with E-state index in [2.05, 4.69) is 10.3 Å². The standard InChI is InChI=1S/C16H21N3O3S.ClH/c1-21-8-3-9-22-13-5-2-4-12(10-13)18-16(20)14-11-23-15(19-14)6-7-17;/h2,4-5,10-11H,3,6-9,17H2,1H3,(H,18,20);1H. The van der Waals surface area contributed by atoms with Crippen LogP contribution in [0.5, 0.6) is 5.75 Å². The van der Waals surface area contributed by atoms with Crippen LogP contribution in [0.25, 0.3) is 0 Å². The Kier molecular flexibility index (Phi) is 9.33. The number of carbonyl (C=O) groups excluding carboxylic acids is 1. The lowest BCUT2D eigenvalue weighted by Gasteiger charge is -2.08. The van der Waals surface area contributed by atoms with Crippen molar-refractivity contribution in [1.29, 1.82) is 0 Å². The van der Waals surface area contributed by atoms with Crippen molar-refractivity contribution in [2.24, 2.45) is 5.73 Å². The number of ether oxygens (including phenoxy) is 2. The Labute approximate surface area is 151 Å². The van der Waals surface area contributed by atoms with Crippen LogP contribution in [0.1, 0.15) is 21.9 Å².